The number of carbonyl (C=O) groups excluding carboxylic acids is 2. The van der Waals surface area contributed by atoms with Crippen LogP contribution in [0.15, 0.2) is 56.5 Å². The van der Waals surface area contributed by atoms with Gasteiger partial charge in [0.15, 0.2) is 0 Å². The Hall–Kier alpha value is -2.19. The van der Waals surface area contributed by atoms with E-state index in [0.29, 0.717) is 17.0 Å². The third kappa shape index (κ3) is 5.17. The number of hydrogen-bond donors (Lipinski definition) is 2. The quantitative estimate of drug-likeness (QED) is 0.422. The molecule has 0 unspecified atom stereocenters. The molecule has 0 aliphatic heterocycles. The van der Waals surface area contributed by atoms with E-state index in [9.17, 15) is 9.59 Å². The molecule has 0 aliphatic rings. The average Bonchev–Trinajstić information content (AvgIpc) is 2.57. The molecule has 2 amide bonds. The van der Waals surface area contributed by atoms with Crippen LogP contribution in [0.2, 0.25) is 0 Å². The summed E-state index contributed by atoms with van der Waals surface area (Å²) in [6, 6.07) is 12.2. The maximum atomic E-state index is 11.8. The van der Waals surface area contributed by atoms with Crippen LogP contribution in [0, 0.1) is 0 Å². The van der Waals surface area contributed by atoms with E-state index in [1.165, 1.54) is 13.3 Å². The molecule has 2 aromatic rings. The van der Waals surface area contributed by atoms with E-state index in [1.807, 2.05) is 6.07 Å². The van der Waals surface area contributed by atoms with Crippen molar-refractivity contribution in [2.24, 2.45) is 5.10 Å². The van der Waals surface area contributed by atoms with Gasteiger partial charge in [0.1, 0.15) is 5.75 Å². The lowest BCUT2D eigenvalue weighted by Crippen LogP contribution is -2.32. The lowest BCUT2D eigenvalue weighted by atomic mass is 10.2. The summed E-state index contributed by atoms with van der Waals surface area (Å²) in [5.41, 5.74) is 3.34. The van der Waals surface area contributed by atoms with Gasteiger partial charge >= 0.3 is 11.8 Å². The van der Waals surface area contributed by atoms with Crippen molar-refractivity contribution >= 4 is 55.6 Å². The first-order valence-corrected chi connectivity index (χ1v) is 8.31. The predicted octanol–water partition coefficient (Wildman–Crippen LogP) is 3.31. The number of rotatable bonds is 4. The molecule has 0 atom stereocenters. The molecule has 124 valence electrons. The maximum absolute atomic E-state index is 11.8. The summed E-state index contributed by atoms with van der Waals surface area (Å²) in [6.07, 6.45) is 1.40. The number of hydrogen-bond acceptors (Lipinski definition) is 4. The van der Waals surface area contributed by atoms with Gasteiger partial charge in [-0.05, 0) is 42.5 Å². The number of anilines is 1. The Morgan fingerprint density at radius 2 is 1.71 bits per heavy atom. The monoisotopic (exact) mass is 453 g/mol. The van der Waals surface area contributed by atoms with Gasteiger partial charge in [0.2, 0.25) is 0 Å². The van der Waals surface area contributed by atoms with Crippen LogP contribution in [0.25, 0.3) is 0 Å². The maximum Gasteiger partial charge on any atom is 0.329 e. The van der Waals surface area contributed by atoms with Crippen molar-refractivity contribution in [1.29, 1.82) is 0 Å². The molecular weight excluding hydrogens is 442 g/mol. The lowest BCUT2D eigenvalue weighted by molar-refractivity contribution is -0.136. The SMILES string of the molecule is COc1ccc(Br)cc1/C=N/NC(=O)C(=O)Nc1ccc(Br)cc1. The Morgan fingerprint density at radius 3 is 2.38 bits per heavy atom. The van der Waals surface area contributed by atoms with Crippen molar-refractivity contribution in [2.45, 2.75) is 0 Å². The number of amides is 2. The van der Waals surface area contributed by atoms with Crippen LogP contribution in [-0.4, -0.2) is 25.1 Å². The minimum Gasteiger partial charge on any atom is -0.496 e. The molecule has 8 heteroatoms. The van der Waals surface area contributed by atoms with Crippen LogP contribution >= 0.6 is 31.9 Å². The van der Waals surface area contributed by atoms with Gasteiger partial charge in [0.25, 0.3) is 0 Å². The normalized spacial score (nSPS) is 10.5. The van der Waals surface area contributed by atoms with Crippen molar-refractivity contribution in [3.8, 4) is 5.75 Å². The number of halogens is 2. The molecule has 24 heavy (non-hydrogen) atoms. The molecule has 0 aliphatic carbocycles. The molecule has 0 fully saturated rings. The zero-order chi connectivity index (χ0) is 17.5. The van der Waals surface area contributed by atoms with Crippen LogP contribution in [-0.2, 0) is 9.59 Å². The number of nitrogens with zero attached hydrogens (tertiary/aromatic N) is 1. The second kappa shape index (κ2) is 8.60. The molecule has 0 saturated heterocycles. The van der Waals surface area contributed by atoms with Gasteiger partial charge in [-0.15, -0.1) is 0 Å². The summed E-state index contributed by atoms with van der Waals surface area (Å²) >= 11 is 6.63. The molecule has 0 heterocycles. The second-order valence-electron chi connectivity index (χ2n) is 4.55. The van der Waals surface area contributed by atoms with Gasteiger partial charge in [-0.2, -0.15) is 5.10 Å². The van der Waals surface area contributed by atoms with Crippen molar-refractivity contribution in [3.05, 3.63) is 57.0 Å². The fourth-order valence-corrected chi connectivity index (χ4v) is 2.38. The van der Waals surface area contributed by atoms with Gasteiger partial charge in [0, 0.05) is 20.2 Å². The Kier molecular flexibility index (Phi) is 6.51. The van der Waals surface area contributed by atoms with E-state index in [1.54, 1.807) is 36.4 Å². The van der Waals surface area contributed by atoms with Gasteiger partial charge in [-0.25, -0.2) is 5.43 Å². The zero-order valence-corrected chi connectivity index (χ0v) is 15.7. The summed E-state index contributed by atoms with van der Waals surface area (Å²) in [6.45, 7) is 0. The Labute approximate surface area is 155 Å². The fraction of sp³-hybridized carbons (Fsp3) is 0.0625. The number of methoxy groups -OCH3 is 1. The Bertz CT molecular complexity index is 777. The summed E-state index contributed by atoms with van der Waals surface area (Å²) < 4.78 is 6.90. The van der Waals surface area contributed by atoms with Gasteiger partial charge < -0.3 is 10.1 Å². The van der Waals surface area contributed by atoms with E-state index in [-0.39, 0.29) is 0 Å². The van der Waals surface area contributed by atoms with E-state index in [2.05, 4.69) is 47.7 Å². The fourth-order valence-electron chi connectivity index (χ4n) is 1.74. The van der Waals surface area contributed by atoms with Gasteiger partial charge in [0.05, 0.1) is 13.3 Å². The molecule has 2 N–H and O–H groups in total. The smallest absolute Gasteiger partial charge is 0.329 e. The number of nitrogens with one attached hydrogen (secondary N) is 2. The summed E-state index contributed by atoms with van der Waals surface area (Å²) in [4.78, 5) is 23.5. The number of hydrazone groups is 1. The third-order valence-electron chi connectivity index (χ3n) is 2.87. The van der Waals surface area contributed by atoms with Crippen molar-refractivity contribution in [3.63, 3.8) is 0 Å². The summed E-state index contributed by atoms with van der Waals surface area (Å²) in [5.74, 6) is -1.09. The molecule has 0 bridgehead atoms. The van der Waals surface area contributed by atoms with Crippen LogP contribution < -0.4 is 15.5 Å². The van der Waals surface area contributed by atoms with Gasteiger partial charge in [-0.1, -0.05) is 31.9 Å². The average molecular weight is 455 g/mol. The molecular formula is C16H13Br2N3O3. The summed E-state index contributed by atoms with van der Waals surface area (Å²) in [7, 11) is 1.53. The molecule has 0 aromatic heterocycles. The highest BCUT2D eigenvalue weighted by atomic mass is 79.9. The molecule has 2 rings (SSSR count). The highest BCUT2D eigenvalue weighted by Crippen LogP contribution is 2.21. The molecule has 0 spiro atoms. The predicted molar refractivity (Wildman–Crippen MR) is 99.2 cm³/mol. The molecule has 0 saturated carbocycles. The second-order valence-corrected chi connectivity index (χ2v) is 6.38. The highest BCUT2D eigenvalue weighted by Gasteiger charge is 2.12. The first-order chi connectivity index (χ1) is 11.5. The first-order valence-electron chi connectivity index (χ1n) is 6.73. The highest BCUT2D eigenvalue weighted by molar-refractivity contribution is 9.10. The Balaban J connectivity index is 1.96. The van der Waals surface area contributed by atoms with Crippen molar-refractivity contribution < 1.29 is 14.3 Å². The third-order valence-corrected chi connectivity index (χ3v) is 3.89. The summed E-state index contributed by atoms with van der Waals surface area (Å²) in [5, 5.41) is 6.25. The zero-order valence-electron chi connectivity index (χ0n) is 12.5. The van der Waals surface area contributed by atoms with Crippen molar-refractivity contribution in [2.75, 3.05) is 12.4 Å². The number of ether oxygens (including phenoxy) is 1. The number of carbonyl (C=O) groups is 2. The van der Waals surface area contributed by atoms with E-state index in [4.69, 9.17) is 4.74 Å². The van der Waals surface area contributed by atoms with Gasteiger partial charge in [-0.3, -0.25) is 9.59 Å². The molecule has 2 aromatic carbocycles. The number of benzene rings is 2. The topological polar surface area (TPSA) is 79.8 Å². The van der Waals surface area contributed by atoms with Crippen molar-refractivity contribution in [1.82, 2.24) is 5.43 Å². The minimum atomic E-state index is -0.872. The first kappa shape index (κ1) is 18.2. The largest absolute Gasteiger partial charge is 0.496 e. The van der Waals surface area contributed by atoms with E-state index in [0.717, 1.165) is 8.95 Å². The minimum absolute atomic E-state index is 0.510. The van der Waals surface area contributed by atoms with Crippen LogP contribution in [0.4, 0.5) is 5.69 Å². The Morgan fingerprint density at radius 1 is 1.04 bits per heavy atom. The van der Waals surface area contributed by atoms with E-state index >= 15 is 0 Å². The van der Waals surface area contributed by atoms with E-state index < -0.39 is 11.8 Å². The van der Waals surface area contributed by atoms with Crippen LogP contribution in [0.5, 0.6) is 5.75 Å². The van der Waals surface area contributed by atoms with Crippen LogP contribution in [0.1, 0.15) is 5.56 Å². The standard InChI is InChI=1S/C16H13Br2N3O3/c1-24-14-7-4-12(18)8-10(14)9-19-21-16(23)15(22)20-13-5-2-11(17)3-6-13/h2-9H,1H3,(H,20,22)(H,21,23)/b19-9+. The molecule has 0 radical (unpaired) electrons. The van der Waals surface area contributed by atoms with Crippen LogP contribution in [0.3, 0.4) is 0 Å². The molecule has 6 nitrogen and oxygen atoms in total. The lowest BCUT2D eigenvalue weighted by Gasteiger charge is -2.05.